The fraction of sp³-hybridized carbons (Fsp3) is 0.333. The molecule has 3 N–H and O–H groups in total. The van der Waals surface area contributed by atoms with Crippen LogP contribution in [0, 0.1) is 5.92 Å². The molecule has 2 nitrogen and oxygen atoms in total. The Bertz CT molecular complexity index is 261. The van der Waals surface area contributed by atoms with Crippen molar-refractivity contribution in [2.45, 2.75) is 13.0 Å². The minimum absolute atomic E-state index is 0.389. The molecule has 0 aromatic heterocycles. The number of hydrogen-bond acceptors (Lipinski definition) is 2. The Morgan fingerprint density at radius 3 is 3.09 bits per heavy atom. The summed E-state index contributed by atoms with van der Waals surface area (Å²) < 4.78 is 0. The molecule has 0 saturated carbocycles. The quantitative estimate of drug-likeness (QED) is 0.535. The number of nitrogens with two attached hydrogens (primary N) is 1. The monoisotopic (exact) mass is 148 g/mol. The van der Waals surface area contributed by atoms with Crippen molar-refractivity contribution in [1.29, 1.82) is 0 Å². The molecule has 0 aromatic rings. The zero-order valence-corrected chi connectivity index (χ0v) is 6.54. The number of allylic oxidation sites excluding steroid dienone is 3. The second-order valence-electron chi connectivity index (χ2n) is 3.10. The Morgan fingerprint density at radius 1 is 1.55 bits per heavy atom. The molecule has 2 unspecified atom stereocenters. The summed E-state index contributed by atoms with van der Waals surface area (Å²) in [6.45, 7) is 2.07. The van der Waals surface area contributed by atoms with Gasteiger partial charge in [0.1, 0.15) is 0 Å². The Kier molecular flexibility index (Phi) is 1.28. The third-order valence-electron chi connectivity index (χ3n) is 2.20. The number of hydrogen-bond donors (Lipinski definition) is 2. The lowest BCUT2D eigenvalue weighted by Crippen LogP contribution is -2.30. The lowest BCUT2D eigenvalue weighted by molar-refractivity contribution is 0.607. The van der Waals surface area contributed by atoms with Crippen LogP contribution in [0.3, 0.4) is 0 Å². The average molecular weight is 148 g/mol. The average Bonchev–Trinajstić information content (AvgIpc) is 2.31. The molecule has 0 fully saturated rings. The van der Waals surface area contributed by atoms with Crippen LogP contribution in [0.15, 0.2) is 35.7 Å². The first kappa shape index (κ1) is 6.53. The summed E-state index contributed by atoms with van der Waals surface area (Å²) >= 11 is 0. The van der Waals surface area contributed by atoms with Gasteiger partial charge in [0.2, 0.25) is 0 Å². The normalized spacial score (nSPS) is 33.9. The third-order valence-corrected chi connectivity index (χ3v) is 2.20. The van der Waals surface area contributed by atoms with Crippen LogP contribution in [0.1, 0.15) is 6.92 Å². The zero-order valence-electron chi connectivity index (χ0n) is 6.54. The van der Waals surface area contributed by atoms with Gasteiger partial charge in [0.05, 0.1) is 6.04 Å². The summed E-state index contributed by atoms with van der Waals surface area (Å²) in [5.41, 5.74) is 7.99. The van der Waals surface area contributed by atoms with Gasteiger partial charge in [0.15, 0.2) is 0 Å². The van der Waals surface area contributed by atoms with E-state index in [1.54, 1.807) is 0 Å². The lowest BCUT2D eigenvalue weighted by atomic mass is 9.94. The van der Waals surface area contributed by atoms with Crippen molar-refractivity contribution in [1.82, 2.24) is 5.32 Å². The van der Waals surface area contributed by atoms with Gasteiger partial charge in [-0.3, -0.25) is 0 Å². The van der Waals surface area contributed by atoms with Crippen molar-refractivity contribution in [3.63, 3.8) is 0 Å². The first-order valence-electron chi connectivity index (χ1n) is 3.86. The molecule has 0 amide bonds. The standard InChI is InChI=1S/C9H12N2/c1-6-5-7-8(10)3-2-4-9(7)11-6/h2-5,7,9,11H,10H2,1H3. The first-order valence-corrected chi connectivity index (χ1v) is 3.86. The SMILES string of the molecule is CC1=CC2C(N)=CC=CC2N1. The molecule has 2 heteroatoms. The molecule has 1 aliphatic carbocycles. The fourth-order valence-electron chi connectivity index (χ4n) is 1.64. The van der Waals surface area contributed by atoms with Gasteiger partial charge >= 0.3 is 0 Å². The molecule has 0 radical (unpaired) electrons. The predicted octanol–water partition coefficient (Wildman–Crippen LogP) is 0.891. The van der Waals surface area contributed by atoms with Gasteiger partial charge in [-0.1, -0.05) is 18.2 Å². The molecule has 2 atom stereocenters. The van der Waals surface area contributed by atoms with E-state index in [1.165, 1.54) is 5.70 Å². The van der Waals surface area contributed by atoms with Crippen LogP contribution in [0.5, 0.6) is 0 Å². The van der Waals surface area contributed by atoms with Crippen molar-refractivity contribution in [2.75, 3.05) is 0 Å². The van der Waals surface area contributed by atoms with E-state index < -0.39 is 0 Å². The highest BCUT2D eigenvalue weighted by Crippen LogP contribution is 2.25. The van der Waals surface area contributed by atoms with E-state index in [9.17, 15) is 0 Å². The van der Waals surface area contributed by atoms with Gasteiger partial charge in [-0.2, -0.15) is 0 Å². The Morgan fingerprint density at radius 2 is 2.36 bits per heavy atom. The van der Waals surface area contributed by atoms with Crippen molar-refractivity contribution in [3.8, 4) is 0 Å². The molecular weight excluding hydrogens is 136 g/mol. The highest BCUT2D eigenvalue weighted by Gasteiger charge is 2.26. The highest BCUT2D eigenvalue weighted by atomic mass is 15.0. The van der Waals surface area contributed by atoms with Crippen LogP contribution in [0.2, 0.25) is 0 Å². The van der Waals surface area contributed by atoms with E-state index in [4.69, 9.17) is 5.73 Å². The lowest BCUT2D eigenvalue weighted by Gasteiger charge is -2.19. The second-order valence-corrected chi connectivity index (χ2v) is 3.10. The molecular formula is C9H12N2. The van der Waals surface area contributed by atoms with E-state index in [-0.39, 0.29) is 0 Å². The van der Waals surface area contributed by atoms with Gasteiger partial charge < -0.3 is 11.1 Å². The molecule has 1 heterocycles. The first-order chi connectivity index (χ1) is 5.27. The van der Waals surface area contributed by atoms with E-state index in [2.05, 4.69) is 24.4 Å². The topological polar surface area (TPSA) is 38.0 Å². The third kappa shape index (κ3) is 0.946. The maximum absolute atomic E-state index is 5.81. The van der Waals surface area contributed by atoms with Crippen LogP contribution < -0.4 is 11.1 Å². The van der Waals surface area contributed by atoms with Crippen LogP contribution in [0.4, 0.5) is 0 Å². The van der Waals surface area contributed by atoms with E-state index >= 15 is 0 Å². The molecule has 58 valence electrons. The second kappa shape index (κ2) is 2.16. The maximum atomic E-state index is 5.81. The molecule has 11 heavy (non-hydrogen) atoms. The van der Waals surface area contributed by atoms with Crippen LogP contribution >= 0.6 is 0 Å². The molecule has 0 saturated heterocycles. The summed E-state index contributed by atoms with van der Waals surface area (Å²) in [6, 6.07) is 0.403. The number of nitrogens with one attached hydrogen (secondary N) is 1. The summed E-state index contributed by atoms with van der Waals surface area (Å²) in [5.74, 6) is 0.389. The zero-order chi connectivity index (χ0) is 7.84. The Hall–Kier alpha value is -1.18. The van der Waals surface area contributed by atoms with Crippen molar-refractivity contribution in [2.24, 2.45) is 11.7 Å². The van der Waals surface area contributed by atoms with Crippen molar-refractivity contribution >= 4 is 0 Å². The van der Waals surface area contributed by atoms with Gasteiger partial charge in [0.25, 0.3) is 0 Å². The van der Waals surface area contributed by atoms with Crippen LogP contribution in [-0.2, 0) is 0 Å². The summed E-state index contributed by atoms with van der Waals surface area (Å²) in [7, 11) is 0. The fourth-order valence-corrected chi connectivity index (χ4v) is 1.64. The molecule has 0 spiro atoms. The molecule has 2 rings (SSSR count). The van der Waals surface area contributed by atoms with Gasteiger partial charge in [-0.15, -0.1) is 0 Å². The highest BCUT2D eigenvalue weighted by molar-refractivity contribution is 5.32. The Labute approximate surface area is 66.5 Å². The van der Waals surface area contributed by atoms with Crippen molar-refractivity contribution < 1.29 is 0 Å². The van der Waals surface area contributed by atoms with E-state index in [1.807, 2.05) is 12.2 Å². The minimum Gasteiger partial charge on any atom is -0.401 e. The van der Waals surface area contributed by atoms with Crippen LogP contribution in [-0.4, -0.2) is 6.04 Å². The van der Waals surface area contributed by atoms with Gasteiger partial charge in [-0.05, 0) is 13.0 Å². The molecule has 2 aliphatic rings. The molecule has 1 aliphatic heterocycles. The smallest absolute Gasteiger partial charge is 0.0562 e. The van der Waals surface area contributed by atoms with Crippen LogP contribution in [0.25, 0.3) is 0 Å². The minimum atomic E-state index is 0.389. The Balaban J connectivity index is 2.30. The summed E-state index contributed by atoms with van der Waals surface area (Å²) in [6.07, 6.45) is 8.31. The number of fused-ring (bicyclic) bond motifs is 1. The van der Waals surface area contributed by atoms with Gasteiger partial charge in [-0.25, -0.2) is 0 Å². The molecule has 0 aromatic carbocycles. The largest absolute Gasteiger partial charge is 0.401 e. The summed E-state index contributed by atoms with van der Waals surface area (Å²) in [5, 5.41) is 3.34. The van der Waals surface area contributed by atoms with E-state index in [0.717, 1.165) is 5.70 Å². The number of rotatable bonds is 0. The summed E-state index contributed by atoms with van der Waals surface area (Å²) in [4.78, 5) is 0. The van der Waals surface area contributed by atoms with E-state index in [0.29, 0.717) is 12.0 Å². The van der Waals surface area contributed by atoms with Crippen molar-refractivity contribution in [3.05, 3.63) is 35.7 Å². The molecule has 0 bridgehead atoms. The maximum Gasteiger partial charge on any atom is 0.0562 e. The van der Waals surface area contributed by atoms with Gasteiger partial charge in [0, 0.05) is 17.3 Å². The predicted molar refractivity (Wildman–Crippen MR) is 45.6 cm³/mol.